The summed E-state index contributed by atoms with van der Waals surface area (Å²) in [5.74, 6) is -2.90. The molecule has 0 aliphatic heterocycles. The highest BCUT2D eigenvalue weighted by Gasteiger charge is 2.12. The number of nitrogens with zero attached hydrogens (tertiary/aromatic N) is 2. The van der Waals surface area contributed by atoms with Gasteiger partial charge >= 0.3 is 0 Å². The molecule has 0 amide bonds. The van der Waals surface area contributed by atoms with Crippen LogP contribution in [0.25, 0.3) is 0 Å². The first-order valence-corrected chi connectivity index (χ1v) is 9.07. The zero-order chi connectivity index (χ0) is 23.3. The lowest BCUT2D eigenvalue weighted by atomic mass is 10.1. The van der Waals surface area contributed by atoms with Crippen LogP contribution in [0.1, 0.15) is 48.5 Å². The van der Waals surface area contributed by atoms with Crippen LogP contribution in [-0.4, -0.2) is 97.2 Å². The summed E-state index contributed by atoms with van der Waals surface area (Å²) in [6.07, 6.45) is 0. The highest BCUT2D eigenvalue weighted by Crippen LogP contribution is 1.96. The van der Waals surface area contributed by atoms with Gasteiger partial charge in [-0.2, -0.15) is 0 Å². The van der Waals surface area contributed by atoms with Gasteiger partial charge in [-0.15, -0.1) is 0 Å². The number of carboxylic acids is 2. The Kier molecular flexibility index (Phi) is 17.1. The minimum absolute atomic E-state index is 1.07. The highest BCUT2D eigenvalue weighted by atomic mass is 16.4. The van der Waals surface area contributed by atoms with Crippen LogP contribution in [0.2, 0.25) is 0 Å². The van der Waals surface area contributed by atoms with Crippen molar-refractivity contribution in [3.05, 3.63) is 0 Å². The topological polar surface area (TPSA) is 121 Å². The molecule has 0 spiro atoms. The van der Waals surface area contributed by atoms with Gasteiger partial charge in [-0.1, -0.05) is 0 Å². The van der Waals surface area contributed by atoms with Crippen LogP contribution < -0.4 is 10.2 Å². The quantitative estimate of drug-likeness (QED) is 0.565. The second kappa shape index (κ2) is 13.9. The van der Waals surface area contributed by atoms with Crippen LogP contribution in [0.15, 0.2) is 0 Å². The summed E-state index contributed by atoms with van der Waals surface area (Å²) in [5, 5.41) is 36.2. The van der Waals surface area contributed by atoms with Crippen LogP contribution in [0.3, 0.4) is 0 Å². The SMILES string of the molecule is CC(C)(O)C(=O)[O-].CC(C)(O)C(=O)[O-].CC[N+](C)(C)C.CC[N+](C)(C)CC. The van der Waals surface area contributed by atoms with Crippen LogP contribution in [0.4, 0.5) is 0 Å². The van der Waals surface area contributed by atoms with E-state index in [1.54, 1.807) is 0 Å². The fraction of sp³-hybridized carbons (Fsp3) is 0.895. The Morgan fingerprint density at radius 1 is 0.704 bits per heavy atom. The van der Waals surface area contributed by atoms with Gasteiger partial charge in [-0.25, -0.2) is 0 Å². The Labute approximate surface area is 166 Å². The van der Waals surface area contributed by atoms with Crippen molar-refractivity contribution in [3.63, 3.8) is 0 Å². The molecule has 0 atom stereocenters. The first-order valence-electron chi connectivity index (χ1n) is 9.07. The Balaban J connectivity index is -0.000000131. The van der Waals surface area contributed by atoms with Crippen LogP contribution in [0, 0.1) is 0 Å². The number of carboxylic acid groups (broad SMARTS) is 2. The van der Waals surface area contributed by atoms with Gasteiger partial charge in [0.2, 0.25) is 0 Å². The second-order valence-electron chi connectivity index (χ2n) is 8.87. The molecule has 0 heterocycles. The second-order valence-corrected chi connectivity index (χ2v) is 8.87. The molecule has 27 heavy (non-hydrogen) atoms. The van der Waals surface area contributed by atoms with Crippen molar-refractivity contribution in [1.29, 1.82) is 0 Å². The van der Waals surface area contributed by atoms with Gasteiger partial charge in [0.25, 0.3) is 0 Å². The van der Waals surface area contributed by atoms with Gasteiger partial charge in [-0.05, 0) is 48.5 Å². The van der Waals surface area contributed by atoms with Crippen LogP contribution in [-0.2, 0) is 9.59 Å². The maximum Gasteiger partial charge on any atom is 0.0983 e. The maximum atomic E-state index is 9.66. The summed E-state index contributed by atoms with van der Waals surface area (Å²) in [4.78, 5) is 19.3. The minimum atomic E-state index is -1.69. The van der Waals surface area contributed by atoms with Gasteiger partial charge in [0.15, 0.2) is 0 Å². The minimum Gasteiger partial charge on any atom is -0.547 e. The largest absolute Gasteiger partial charge is 0.547 e. The van der Waals surface area contributed by atoms with Crippen molar-refractivity contribution < 1.29 is 39.0 Å². The molecule has 0 rings (SSSR count). The van der Waals surface area contributed by atoms with E-state index in [0.29, 0.717) is 0 Å². The van der Waals surface area contributed by atoms with E-state index in [1.165, 1.54) is 19.6 Å². The lowest BCUT2D eigenvalue weighted by Gasteiger charge is -2.25. The summed E-state index contributed by atoms with van der Waals surface area (Å²) >= 11 is 0. The molecule has 0 aromatic carbocycles. The van der Waals surface area contributed by atoms with Crippen LogP contribution >= 0.6 is 0 Å². The molecule has 0 saturated carbocycles. The number of carbonyl (C=O) groups excluding carboxylic acids is 2. The third kappa shape index (κ3) is 32.9. The van der Waals surface area contributed by atoms with Crippen molar-refractivity contribution in [2.75, 3.05) is 54.9 Å². The van der Waals surface area contributed by atoms with Crippen molar-refractivity contribution >= 4 is 11.9 Å². The lowest BCUT2D eigenvalue weighted by molar-refractivity contribution is -0.886. The van der Waals surface area contributed by atoms with Crippen molar-refractivity contribution in [1.82, 2.24) is 0 Å². The molecule has 0 saturated heterocycles. The van der Waals surface area contributed by atoms with Crippen molar-refractivity contribution in [2.45, 2.75) is 59.7 Å². The predicted octanol–water partition coefficient (Wildman–Crippen LogP) is -1.17. The Morgan fingerprint density at radius 3 is 0.852 bits per heavy atom. The molecule has 0 fully saturated rings. The molecule has 8 heteroatoms. The molecule has 0 unspecified atom stereocenters. The number of aliphatic hydroxyl groups is 2. The molecule has 8 nitrogen and oxygen atoms in total. The smallest absolute Gasteiger partial charge is 0.0983 e. The number of hydrogen-bond acceptors (Lipinski definition) is 6. The molecule has 0 radical (unpaired) electrons. The molecule has 0 aliphatic carbocycles. The Morgan fingerprint density at radius 2 is 0.852 bits per heavy atom. The van der Waals surface area contributed by atoms with Crippen molar-refractivity contribution in [3.8, 4) is 0 Å². The fourth-order valence-corrected chi connectivity index (χ4v) is 0.224. The first-order chi connectivity index (χ1) is 11.6. The molecule has 166 valence electrons. The monoisotopic (exact) mass is 396 g/mol. The zero-order valence-corrected chi connectivity index (χ0v) is 19.5. The number of hydrogen-bond donors (Lipinski definition) is 2. The average molecular weight is 397 g/mol. The predicted molar refractivity (Wildman–Crippen MR) is 104 cm³/mol. The van der Waals surface area contributed by atoms with E-state index in [4.69, 9.17) is 10.2 Å². The number of carbonyl (C=O) groups is 2. The van der Waals surface area contributed by atoms with Gasteiger partial charge in [-0.3, -0.25) is 0 Å². The molecule has 0 aromatic heterocycles. The molecule has 0 bridgehead atoms. The van der Waals surface area contributed by atoms with Gasteiger partial charge < -0.3 is 39.0 Å². The van der Waals surface area contributed by atoms with Crippen molar-refractivity contribution in [2.24, 2.45) is 0 Å². The zero-order valence-electron chi connectivity index (χ0n) is 19.5. The summed E-state index contributed by atoms with van der Waals surface area (Å²) in [6, 6.07) is 0. The van der Waals surface area contributed by atoms with Crippen LogP contribution in [0.5, 0.6) is 0 Å². The van der Waals surface area contributed by atoms with E-state index in [0.717, 1.165) is 36.7 Å². The van der Waals surface area contributed by atoms with E-state index in [2.05, 4.69) is 56.0 Å². The summed E-state index contributed by atoms with van der Waals surface area (Å²) in [7, 11) is 11.0. The highest BCUT2D eigenvalue weighted by molar-refractivity contribution is 5.73. The van der Waals surface area contributed by atoms with Gasteiger partial charge in [0.05, 0.1) is 78.0 Å². The third-order valence-electron chi connectivity index (χ3n) is 3.66. The van der Waals surface area contributed by atoms with E-state index in [9.17, 15) is 19.8 Å². The van der Waals surface area contributed by atoms with E-state index >= 15 is 0 Å². The molecule has 0 aromatic rings. The average Bonchev–Trinajstić information content (AvgIpc) is 2.46. The number of aliphatic carboxylic acids is 2. The van der Waals surface area contributed by atoms with Gasteiger partial charge in [0.1, 0.15) is 0 Å². The maximum absolute atomic E-state index is 9.66. The van der Waals surface area contributed by atoms with E-state index in [1.807, 2.05) is 0 Å². The number of quaternary nitrogens is 2. The molecular formula is C19H44N2O6. The lowest BCUT2D eigenvalue weighted by Crippen LogP contribution is -2.43. The molecule has 0 aliphatic rings. The molecular weight excluding hydrogens is 352 g/mol. The normalized spacial score (nSPS) is 11.6. The fourth-order valence-electron chi connectivity index (χ4n) is 0.224. The molecule has 2 N–H and O–H groups in total. The van der Waals surface area contributed by atoms with Gasteiger partial charge in [0, 0.05) is 0 Å². The summed E-state index contributed by atoms with van der Waals surface area (Å²) in [6.45, 7) is 14.9. The van der Waals surface area contributed by atoms with E-state index in [-0.39, 0.29) is 0 Å². The standard InChI is InChI=1S/C6H16N.C5H14N.2C4H8O3/c1-5-7(3,4)6-2;1-5-6(2,3)4;2*1-4(2,7)3(5)6/h5-6H2,1-4H3;5H2,1-4H3;2*7H,1-2H3,(H,5,6)/q2*+1;;/p-2. The first kappa shape index (κ1) is 33.4. The summed E-state index contributed by atoms with van der Waals surface area (Å²) < 4.78 is 2.21. The third-order valence-corrected chi connectivity index (χ3v) is 3.66. The Bertz CT molecular complexity index is 372. The number of rotatable bonds is 5. The Hall–Kier alpha value is -1.22. The summed E-state index contributed by atoms with van der Waals surface area (Å²) in [5.41, 5.74) is -3.39. The van der Waals surface area contributed by atoms with E-state index < -0.39 is 23.1 Å².